The number of fused-ring (bicyclic) bond motifs is 1. The summed E-state index contributed by atoms with van der Waals surface area (Å²) < 4.78 is 0. The topological polar surface area (TPSA) is 63.4 Å². The SMILES string of the molecule is NC(=O)CN1Cc2ccccc2CCC1=O. The van der Waals surface area contributed by atoms with Gasteiger partial charge in [0.05, 0.1) is 6.54 Å². The molecule has 1 heterocycles. The van der Waals surface area contributed by atoms with Crippen molar-refractivity contribution >= 4 is 11.8 Å². The molecule has 2 amide bonds. The Kier molecular flexibility index (Phi) is 2.90. The number of hydrogen-bond acceptors (Lipinski definition) is 2. The third kappa shape index (κ3) is 2.21. The number of amides is 2. The lowest BCUT2D eigenvalue weighted by atomic mass is 10.0. The summed E-state index contributed by atoms with van der Waals surface area (Å²) in [5.74, 6) is -0.470. The number of primary amides is 1. The minimum Gasteiger partial charge on any atom is -0.368 e. The zero-order valence-corrected chi connectivity index (χ0v) is 8.98. The average Bonchev–Trinajstić information content (AvgIpc) is 2.39. The van der Waals surface area contributed by atoms with Crippen LogP contribution < -0.4 is 5.73 Å². The van der Waals surface area contributed by atoms with Crippen LogP contribution in [-0.4, -0.2) is 23.3 Å². The fraction of sp³-hybridized carbons (Fsp3) is 0.333. The van der Waals surface area contributed by atoms with Gasteiger partial charge in [-0.1, -0.05) is 24.3 Å². The van der Waals surface area contributed by atoms with Gasteiger partial charge >= 0.3 is 0 Å². The van der Waals surface area contributed by atoms with Gasteiger partial charge in [0.2, 0.25) is 11.8 Å². The first-order chi connectivity index (χ1) is 7.66. The van der Waals surface area contributed by atoms with Crippen LogP contribution in [0.1, 0.15) is 17.5 Å². The van der Waals surface area contributed by atoms with E-state index >= 15 is 0 Å². The van der Waals surface area contributed by atoms with E-state index in [2.05, 4.69) is 0 Å². The van der Waals surface area contributed by atoms with Crippen molar-refractivity contribution in [3.05, 3.63) is 35.4 Å². The normalized spacial score (nSPS) is 15.5. The predicted octanol–water partition coefficient (Wildman–Crippen LogP) is 0.447. The second kappa shape index (κ2) is 4.35. The highest BCUT2D eigenvalue weighted by atomic mass is 16.2. The maximum Gasteiger partial charge on any atom is 0.237 e. The van der Waals surface area contributed by atoms with Gasteiger partial charge in [-0.3, -0.25) is 9.59 Å². The lowest BCUT2D eigenvalue weighted by Gasteiger charge is -2.18. The van der Waals surface area contributed by atoms with Crippen molar-refractivity contribution in [3.8, 4) is 0 Å². The molecule has 84 valence electrons. The van der Waals surface area contributed by atoms with Crippen molar-refractivity contribution in [1.82, 2.24) is 4.90 Å². The molecule has 0 aliphatic carbocycles. The minimum absolute atomic E-state index is 0.00463. The van der Waals surface area contributed by atoms with Crippen LogP contribution in [0.2, 0.25) is 0 Å². The largest absolute Gasteiger partial charge is 0.368 e. The highest BCUT2D eigenvalue weighted by Gasteiger charge is 2.20. The standard InChI is InChI=1S/C12H14N2O2/c13-11(15)8-14-7-10-4-2-1-3-9(10)5-6-12(14)16/h1-4H,5-8H2,(H2,13,15). The molecule has 0 fully saturated rings. The van der Waals surface area contributed by atoms with E-state index in [1.54, 1.807) is 0 Å². The molecule has 2 N–H and O–H groups in total. The Morgan fingerprint density at radius 1 is 1.25 bits per heavy atom. The summed E-state index contributed by atoms with van der Waals surface area (Å²) in [5.41, 5.74) is 7.41. The van der Waals surface area contributed by atoms with E-state index in [0.717, 1.165) is 12.0 Å². The maximum absolute atomic E-state index is 11.7. The monoisotopic (exact) mass is 218 g/mol. The molecule has 0 bridgehead atoms. The van der Waals surface area contributed by atoms with Crippen molar-refractivity contribution in [2.45, 2.75) is 19.4 Å². The second-order valence-corrected chi connectivity index (χ2v) is 3.98. The molecular formula is C12H14N2O2. The second-order valence-electron chi connectivity index (χ2n) is 3.98. The van der Waals surface area contributed by atoms with E-state index in [4.69, 9.17) is 5.73 Å². The van der Waals surface area contributed by atoms with E-state index < -0.39 is 5.91 Å². The Hall–Kier alpha value is -1.84. The first-order valence-corrected chi connectivity index (χ1v) is 5.29. The quantitative estimate of drug-likeness (QED) is 0.783. The molecule has 0 saturated carbocycles. The summed E-state index contributed by atoms with van der Waals surface area (Å²) in [4.78, 5) is 24.1. The van der Waals surface area contributed by atoms with Gasteiger partial charge in [-0.05, 0) is 17.5 Å². The molecule has 4 heteroatoms. The molecule has 1 aliphatic heterocycles. The van der Waals surface area contributed by atoms with Crippen LogP contribution in [-0.2, 0) is 22.6 Å². The Labute approximate surface area is 94.0 Å². The highest BCUT2D eigenvalue weighted by molar-refractivity contribution is 5.84. The molecule has 0 aromatic heterocycles. The fourth-order valence-electron chi connectivity index (χ4n) is 1.98. The zero-order chi connectivity index (χ0) is 11.5. The van der Waals surface area contributed by atoms with Crippen molar-refractivity contribution in [2.75, 3.05) is 6.54 Å². The van der Waals surface area contributed by atoms with E-state index in [1.807, 2.05) is 24.3 Å². The fourth-order valence-corrected chi connectivity index (χ4v) is 1.98. The summed E-state index contributed by atoms with van der Waals surface area (Å²) in [6.07, 6.45) is 1.19. The maximum atomic E-state index is 11.7. The van der Waals surface area contributed by atoms with Gasteiger partial charge in [-0.25, -0.2) is 0 Å². The van der Waals surface area contributed by atoms with E-state index in [1.165, 1.54) is 10.5 Å². The third-order valence-corrected chi connectivity index (χ3v) is 2.79. The van der Waals surface area contributed by atoms with Crippen LogP contribution in [0.25, 0.3) is 0 Å². The van der Waals surface area contributed by atoms with Crippen LogP contribution in [0.15, 0.2) is 24.3 Å². The number of carbonyl (C=O) groups excluding carboxylic acids is 2. The molecular weight excluding hydrogens is 204 g/mol. The molecule has 2 rings (SSSR count). The molecule has 1 aromatic carbocycles. The number of aryl methyl sites for hydroxylation is 1. The lowest BCUT2D eigenvalue weighted by molar-refractivity contribution is -0.135. The Morgan fingerprint density at radius 3 is 2.62 bits per heavy atom. The van der Waals surface area contributed by atoms with Crippen molar-refractivity contribution < 1.29 is 9.59 Å². The van der Waals surface area contributed by atoms with Crippen LogP contribution in [0.3, 0.4) is 0 Å². The number of benzene rings is 1. The van der Waals surface area contributed by atoms with Gasteiger partial charge < -0.3 is 10.6 Å². The van der Waals surface area contributed by atoms with Crippen LogP contribution in [0, 0.1) is 0 Å². The first kappa shape index (κ1) is 10.7. The third-order valence-electron chi connectivity index (χ3n) is 2.79. The van der Waals surface area contributed by atoms with Crippen LogP contribution in [0.4, 0.5) is 0 Å². The zero-order valence-electron chi connectivity index (χ0n) is 8.98. The highest BCUT2D eigenvalue weighted by Crippen LogP contribution is 2.18. The van der Waals surface area contributed by atoms with Gasteiger partial charge in [0, 0.05) is 13.0 Å². The number of rotatable bonds is 2. The molecule has 16 heavy (non-hydrogen) atoms. The average molecular weight is 218 g/mol. The number of carbonyl (C=O) groups is 2. The van der Waals surface area contributed by atoms with Gasteiger partial charge in [0.15, 0.2) is 0 Å². The summed E-state index contributed by atoms with van der Waals surface area (Å²) >= 11 is 0. The van der Waals surface area contributed by atoms with Gasteiger partial charge in [0.25, 0.3) is 0 Å². The minimum atomic E-state index is -0.465. The number of nitrogens with two attached hydrogens (primary N) is 1. The predicted molar refractivity (Wildman–Crippen MR) is 59.4 cm³/mol. The van der Waals surface area contributed by atoms with E-state index in [9.17, 15) is 9.59 Å². The van der Waals surface area contributed by atoms with Gasteiger partial charge in [-0.15, -0.1) is 0 Å². The summed E-state index contributed by atoms with van der Waals surface area (Å²) in [6, 6.07) is 7.92. The number of hydrogen-bond donors (Lipinski definition) is 1. The molecule has 0 spiro atoms. The van der Waals surface area contributed by atoms with E-state index in [-0.39, 0.29) is 12.5 Å². The van der Waals surface area contributed by atoms with Crippen molar-refractivity contribution in [1.29, 1.82) is 0 Å². The first-order valence-electron chi connectivity index (χ1n) is 5.29. The van der Waals surface area contributed by atoms with Crippen molar-refractivity contribution in [3.63, 3.8) is 0 Å². The Morgan fingerprint density at radius 2 is 1.94 bits per heavy atom. The summed E-state index contributed by atoms with van der Waals surface area (Å²) in [5, 5.41) is 0. The van der Waals surface area contributed by atoms with Crippen LogP contribution >= 0.6 is 0 Å². The molecule has 0 unspecified atom stereocenters. The Bertz CT molecular complexity index is 429. The van der Waals surface area contributed by atoms with Gasteiger partial charge in [-0.2, -0.15) is 0 Å². The van der Waals surface area contributed by atoms with Gasteiger partial charge in [0.1, 0.15) is 0 Å². The molecule has 0 saturated heterocycles. The lowest BCUT2D eigenvalue weighted by Crippen LogP contribution is -2.37. The molecule has 1 aliphatic rings. The van der Waals surface area contributed by atoms with Crippen molar-refractivity contribution in [2.24, 2.45) is 5.73 Å². The number of nitrogens with zero attached hydrogens (tertiary/aromatic N) is 1. The molecule has 0 atom stereocenters. The molecule has 0 radical (unpaired) electrons. The van der Waals surface area contributed by atoms with E-state index in [0.29, 0.717) is 13.0 Å². The summed E-state index contributed by atoms with van der Waals surface area (Å²) in [6.45, 7) is 0.491. The summed E-state index contributed by atoms with van der Waals surface area (Å²) in [7, 11) is 0. The molecule has 4 nitrogen and oxygen atoms in total. The molecule has 1 aromatic rings. The van der Waals surface area contributed by atoms with Crippen LogP contribution in [0.5, 0.6) is 0 Å². The smallest absolute Gasteiger partial charge is 0.237 e. The Balaban J connectivity index is 2.24.